The van der Waals surface area contributed by atoms with E-state index in [1.54, 1.807) is 16.2 Å². The number of nitrogens with zero attached hydrogens (tertiary/aromatic N) is 5. The van der Waals surface area contributed by atoms with Gasteiger partial charge in [-0.1, -0.05) is 6.92 Å². The van der Waals surface area contributed by atoms with Gasteiger partial charge in [-0.05, 0) is 32.4 Å². The minimum absolute atomic E-state index is 0.00528. The summed E-state index contributed by atoms with van der Waals surface area (Å²) in [5.41, 5.74) is 2.96. The van der Waals surface area contributed by atoms with Crippen molar-refractivity contribution < 1.29 is 4.79 Å². The van der Waals surface area contributed by atoms with Crippen molar-refractivity contribution in [3.05, 3.63) is 34.8 Å². The SMILES string of the molecule is CC[C@@H](C(=O)N(C)C)N1CCC(c2nccn2Cc2cscn2)CC1. The number of hydrogen-bond donors (Lipinski definition) is 0. The number of aromatic nitrogens is 3. The van der Waals surface area contributed by atoms with E-state index in [9.17, 15) is 4.79 Å². The van der Waals surface area contributed by atoms with Gasteiger partial charge in [-0.25, -0.2) is 9.97 Å². The molecular weight excluding hydrogens is 334 g/mol. The number of imidazole rings is 1. The fraction of sp³-hybridized carbons (Fsp3) is 0.611. The highest BCUT2D eigenvalue weighted by Crippen LogP contribution is 2.29. The first kappa shape index (κ1) is 18.1. The Kier molecular flexibility index (Phi) is 5.86. The van der Waals surface area contributed by atoms with E-state index in [0.717, 1.165) is 50.4 Å². The van der Waals surface area contributed by atoms with Gasteiger partial charge >= 0.3 is 0 Å². The molecule has 7 heteroatoms. The maximum atomic E-state index is 12.4. The predicted octanol–water partition coefficient (Wildman–Crippen LogP) is 2.43. The Morgan fingerprint density at radius 1 is 1.36 bits per heavy atom. The summed E-state index contributed by atoms with van der Waals surface area (Å²) in [5.74, 6) is 1.82. The van der Waals surface area contributed by atoms with Crippen molar-refractivity contribution in [1.82, 2.24) is 24.3 Å². The molecule has 1 atom stereocenters. The summed E-state index contributed by atoms with van der Waals surface area (Å²) >= 11 is 1.63. The third-order valence-corrected chi connectivity index (χ3v) is 5.65. The van der Waals surface area contributed by atoms with Crippen molar-refractivity contribution >= 4 is 17.2 Å². The lowest BCUT2D eigenvalue weighted by molar-refractivity contribution is -0.135. The quantitative estimate of drug-likeness (QED) is 0.793. The van der Waals surface area contributed by atoms with Gasteiger partial charge < -0.3 is 9.47 Å². The lowest BCUT2D eigenvalue weighted by atomic mass is 9.94. The second-order valence-corrected chi connectivity index (χ2v) is 7.58. The molecule has 0 saturated carbocycles. The van der Waals surface area contributed by atoms with Crippen molar-refractivity contribution in [2.45, 2.75) is 44.7 Å². The average molecular weight is 362 g/mol. The Morgan fingerprint density at radius 2 is 2.12 bits per heavy atom. The Balaban J connectivity index is 1.63. The molecule has 3 rings (SSSR count). The predicted molar refractivity (Wildman–Crippen MR) is 99.8 cm³/mol. The van der Waals surface area contributed by atoms with Gasteiger partial charge in [0.15, 0.2) is 0 Å². The normalized spacial score (nSPS) is 17.6. The van der Waals surface area contributed by atoms with Crippen LogP contribution in [0.15, 0.2) is 23.3 Å². The fourth-order valence-electron chi connectivity index (χ4n) is 3.66. The van der Waals surface area contributed by atoms with Gasteiger partial charge in [-0.3, -0.25) is 9.69 Å². The number of piperidine rings is 1. The van der Waals surface area contributed by atoms with Crippen molar-refractivity contribution in [2.24, 2.45) is 0 Å². The van der Waals surface area contributed by atoms with E-state index in [1.165, 1.54) is 0 Å². The first-order valence-electron chi connectivity index (χ1n) is 8.93. The number of carbonyl (C=O) groups excluding carboxylic acids is 1. The molecule has 0 radical (unpaired) electrons. The number of carbonyl (C=O) groups is 1. The zero-order valence-corrected chi connectivity index (χ0v) is 16.1. The number of hydrogen-bond acceptors (Lipinski definition) is 5. The number of amides is 1. The maximum Gasteiger partial charge on any atom is 0.239 e. The molecule has 6 nitrogen and oxygen atoms in total. The van der Waals surface area contributed by atoms with Crippen LogP contribution < -0.4 is 0 Å². The van der Waals surface area contributed by atoms with Crippen molar-refractivity contribution in [1.29, 1.82) is 0 Å². The molecule has 0 aromatic carbocycles. The van der Waals surface area contributed by atoms with E-state index >= 15 is 0 Å². The van der Waals surface area contributed by atoms with Gasteiger partial charge in [0.1, 0.15) is 5.82 Å². The first-order valence-corrected chi connectivity index (χ1v) is 9.87. The molecule has 1 saturated heterocycles. The molecule has 2 aromatic rings. The molecule has 0 aliphatic carbocycles. The van der Waals surface area contributed by atoms with Crippen LogP contribution in [0.1, 0.15) is 43.6 Å². The molecular formula is C18H27N5OS. The van der Waals surface area contributed by atoms with Crippen LogP contribution in [0.3, 0.4) is 0 Å². The van der Waals surface area contributed by atoms with Gasteiger partial charge in [0.05, 0.1) is 23.8 Å². The molecule has 0 bridgehead atoms. The van der Waals surface area contributed by atoms with Crippen LogP contribution in [0.25, 0.3) is 0 Å². The Labute approximate surface area is 153 Å². The Bertz CT molecular complexity index is 673. The molecule has 3 heterocycles. The highest BCUT2D eigenvalue weighted by Gasteiger charge is 2.31. The number of rotatable bonds is 6. The number of likely N-dealkylation sites (N-methyl/N-ethyl adjacent to an activating group) is 1. The molecule has 0 spiro atoms. The minimum Gasteiger partial charge on any atom is -0.347 e. The topological polar surface area (TPSA) is 54.3 Å². The second kappa shape index (κ2) is 8.10. The first-order chi connectivity index (χ1) is 12.1. The fourth-order valence-corrected chi connectivity index (χ4v) is 4.21. The zero-order valence-electron chi connectivity index (χ0n) is 15.3. The van der Waals surface area contributed by atoms with Crippen LogP contribution in [0.5, 0.6) is 0 Å². The van der Waals surface area contributed by atoms with Gasteiger partial charge in [-0.2, -0.15) is 0 Å². The summed E-state index contributed by atoms with van der Waals surface area (Å²) in [4.78, 5) is 25.4. The molecule has 2 aromatic heterocycles. The highest BCUT2D eigenvalue weighted by atomic mass is 32.1. The summed E-state index contributed by atoms with van der Waals surface area (Å²) in [6.45, 7) is 4.78. The van der Waals surface area contributed by atoms with E-state index in [1.807, 2.05) is 32.0 Å². The average Bonchev–Trinajstić information content (AvgIpc) is 3.28. The molecule has 1 amide bonds. The van der Waals surface area contributed by atoms with Crippen LogP contribution in [0, 0.1) is 0 Å². The highest BCUT2D eigenvalue weighted by molar-refractivity contribution is 7.07. The van der Waals surface area contributed by atoms with Gasteiger partial charge in [0, 0.05) is 37.8 Å². The summed E-state index contributed by atoms with van der Waals surface area (Å²) < 4.78 is 2.22. The van der Waals surface area contributed by atoms with Gasteiger partial charge in [0.25, 0.3) is 0 Å². The van der Waals surface area contributed by atoms with E-state index in [2.05, 4.69) is 31.7 Å². The Hall–Kier alpha value is -1.73. The molecule has 1 aliphatic rings. The molecule has 1 fully saturated rings. The molecule has 0 N–H and O–H groups in total. The van der Waals surface area contributed by atoms with E-state index in [-0.39, 0.29) is 11.9 Å². The monoisotopic (exact) mass is 361 g/mol. The molecule has 1 aliphatic heterocycles. The van der Waals surface area contributed by atoms with Crippen LogP contribution in [-0.2, 0) is 11.3 Å². The minimum atomic E-state index is 0.00528. The number of likely N-dealkylation sites (tertiary alicyclic amines) is 1. The summed E-state index contributed by atoms with van der Waals surface area (Å²) in [6, 6.07) is 0.00528. The van der Waals surface area contributed by atoms with Crippen molar-refractivity contribution in [3.63, 3.8) is 0 Å². The smallest absolute Gasteiger partial charge is 0.239 e. The van der Waals surface area contributed by atoms with E-state index < -0.39 is 0 Å². The second-order valence-electron chi connectivity index (χ2n) is 6.86. The van der Waals surface area contributed by atoms with Gasteiger partial charge in [0.2, 0.25) is 5.91 Å². The molecule has 25 heavy (non-hydrogen) atoms. The third kappa shape index (κ3) is 4.10. The standard InChI is InChI=1S/C18H27N5OS/c1-4-16(18(24)21(2)3)22-8-5-14(6-9-22)17-19-7-10-23(17)11-15-12-25-13-20-15/h7,10,12-14,16H,4-6,8-9,11H2,1-3H3/t16-/m0/s1. The van der Waals surface area contributed by atoms with Crippen LogP contribution in [0.4, 0.5) is 0 Å². The summed E-state index contributed by atoms with van der Waals surface area (Å²) in [7, 11) is 3.68. The summed E-state index contributed by atoms with van der Waals surface area (Å²) in [5, 5.41) is 2.09. The maximum absolute atomic E-state index is 12.4. The van der Waals surface area contributed by atoms with E-state index in [0.29, 0.717) is 5.92 Å². The third-order valence-electron chi connectivity index (χ3n) is 5.01. The Morgan fingerprint density at radius 3 is 2.72 bits per heavy atom. The lowest BCUT2D eigenvalue weighted by Gasteiger charge is -2.37. The largest absolute Gasteiger partial charge is 0.347 e. The van der Waals surface area contributed by atoms with E-state index in [4.69, 9.17) is 0 Å². The van der Waals surface area contributed by atoms with Crippen LogP contribution in [0.2, 0.25) is 0 Å². The van der Waals surface area contributed by atoms with Gasteiger partial charge in [-0.15, -0.1) is 11.3 Å². The number of thiazole rings is 1. The van der Waals surface area contributed by atoms with Crippen molar-refractivity contribution in [2.75, 3.05) is 27.2 Å². The van der Waals surface area contributed by atoms with Crippen LogP contribution >= 0.6 is 11.3 Å². The lowest BCUT2D eigenvalue weighted by Crippen LogP contribution is -2.49. The van der Waals surface area contributed by atoms with Crippen LogP contribution in [-0.4, -0.2) is 63.5 Å². The molecule has 136 valence electrons. The molecule has 0 unspecified atom stereocenters. The van der Waals surface area contributed by atoms with Crippen molar-refractivity contribution in [3.8, 4) is 0 Å². The summed E-state index contributed by atoms with van der Waals surface area (Å²) in [6.07, 6.45) is 6.89. The zero-order chi connectivity index (χ0) is 17.8.